The smallest absolute Gasteiger partial charge is 0.0998 e. The van der Waals surface area contributed by atoms with E-state index in [1.165, 1.54) is 0 Å². The van der Waals surface area contributed by atoms with Crippen LogP contribution in [0, 0.1) is 11.3 Å². The number of nitriles is 1. The lowest BCUT2D eigenvalue weighted by Crippen LogP contribution is -2.20. The molecule has 1 heteroatoms. The minimum atomic E-state index is -0.554. The van der Waals surface area contributed by atoms with Crippen LogP contribution < -0.4 is 0 Å². The molecule has 1 aromatic rings. The average Bonchev–Trinajstić information content (AvgIpc) is 2.17. The monoisotopic (exact) mass is 171 g/mol. The summed E-state index contributed by atoms with van der Waals surface area (Å²) in [6, 6.07) is 12.0. The van der Waals surface area contributed by atoms with Crippen LogP contribution in [-0.4, -0.2) is 0 Å². The van der Waals surface area contributed by atoms with E-state index in [0.29, 0.717) is 0 Å². The summed E-state index contributed by atoms with van der Waals surface area (Å²) in [6.07, 6.45) is 0. The van der Waals surface area contributed by atoms with Gasteiger partial charge in [-0.3, -0.25) is 0 Å². The van der Waals surface area contributed by atoms with E-state index in [4.69, 9.17) is 5.26 Å². The Labute approximate surface area is 79.3 Å². The third-order valence-electron chi connectivity index (χ3n) is 2.43. The maximum atomic E-state index is 9.10. The van der Waals surface area contributed by atoms with Crippen LogP contribution >= 0.6 is 0 Å². The Bertz CT molecular complexity index is 345. The Morgan fingerprint density at radius 2 is 1.92 bits per heavy atom. The van der Waals surface area contributed by atoms with Gasteiger partial charge in [-0.1, -0.05) is 42.5 Å². The minimum absolute atomic E-state index is 0.554. The molecule has 0 saturated heterocycles. The van der Waals surface area contributed by atoms with Gasteiger partial charge >= 0.3 is 0 Å². The lowest BCUT2D eigenvalue weighted by Gasteiger charge is -2.22. The molecular formula is C12H13N. The first kappa shape index (κ1) is 9.54. The van der Waals surface area contributed by atoms with E-state index >= 15 is 0 Å². The molecule has 0 aliphatic heterocycles. The van der Waals surface area contributed by atoms with Crippen LogP contribution in [0.25, 0.3) is 0 Å². The van der Waals surface area contributed by atoms with Crippen molar-refractivity contribution < 1.29 is 0 Å². The Morgan fingerprint density at radius 3 is 2.31 bits per heavy atom. The van der Waals surface area contributed by atoms with Crippen molar-refractivity contribution in [3.05, 3.63) is 48.0 Å². The Kier molecular flexibility index (Phi) is 2.53. The van der Waals surface area contributed by atoms with Gasteiger partial charge in [-0.05, 0) is 19.4 Å². The van der Waals surface area contributed by atoms with E-state index < -0.39 is 5.41 Å². The molecule has 0 aliphatic carbocycles. The van der Waals surface area contributed by atoms with E-state index in [2.05, 4.69) is 12.6 Å². The van der Waals surface area contributed by atoms with Gasteiger partial charge in [0.25, 0.3) is 0 Å². The van der Waals surface area contributed by atoms with Gasteiger partial charge in [0.05, 0.1) is 11.5 Å². The maximum absolute atomic E-state index is 9.10. The van der Waals surface area contributed by atoms with E-state index in [1.54, 1.807) is 0 Å². The van der Waals surface area contributed by atoms with Crippen LogP contribution in [0.3, 0.4) is 0 Å². The Morgan fingerprint density at radius 1 is 1.38 bits per heavy atom. The third kappa shape index (κ3) is 1.62. The third-order valence-corrected chi connectivity index (χ3v) is 2.43. The van der Waals surface area contributed by atoms with Crippen molar-refractivity contribution in [1.29, 1.82) is 5.26 Å². The van der Waals surface area contributed by atoms with E-state index in [1.807, 2.05) is 44.2 Å². The molecule has 0 bridgehead atoms. The molecule has 0 aromatic heterocycles. The highest BCUT2D eigenvalue weighted by Crippen LogP contribution is 2.29. The molecule has 0 fully saturated rings. The van der Waals surface area contributed by atoms with Crippen molar-refractivity contribution in [3.63, 3.8) is 0 Å². The number of hydrogen-bond donors (Lipinski definition) is 0. The zero-order chi connectivity index (χ0) is 9.90. The molecule has 1 unspecified atom stereocenters. The summed E-state index contributed by atoms with van der Waals surface area (Å²) < 4.78 is 0. The first-order valence-corrected chi connectivity index (χ1v) is 4.24. The predicted octanol–water partition coefficient (Wildman–Crippen LogP) is 3.04. The van der Waals surface area contributed by atoms with Crippen LogP contribution in [0.5, 0.6) is 0 Å². The van der Waals surface area contributed by atoms with Crippen molar-refractivity contribution in [3.8, 4) is 6.07 Å². The molecule has 1 aromatic carbocycles. The number of benzene rings is 1. The zero-order valence-electron chi connectivity index (χ0n) is 8.04. The molecule has 1 rings (SSSR count). The topological polar surface area (TPSA) is 23.8 Å². The molecule has 0 amide bonds. The summed E-state index contributed by atoms with van der Waals surface area (Å²) in [5.41, 5.74) is 1.33. The number of nitrogens with zero attached hydrogens (tertiary/aromatic N) is 1. The number of hydrogen-bond acceptors (Lipinski definition) is 1. The summed E-state index contributed by atoms with van der Waals surface area (Å²) in [4.78, 5) is 0. The SMILES string of the molecule is C=C(C)C(C)(C#N)c1ccccc1. The van der Waals surface area contributed by atoms with Gasteiger partial charge in [-0.2, -0.15) is 5.26 Å². The summed E-state index contributed by atoms with van der Waals surface area (Å²) in [7, 11) is 0. The second kappa shape index (κ2) is 3.45. The van der Waals surface area contributed by atoms with Gasteiger partial charge < -0.3 is 0 Å². The first-order chi connectivity index (χ1) is 6.11. The Balaban J connectivity index is 3.21. The van der Waals surface area contributed by atoms with Gasteiger partial charge in [0.2, 0.25) is 0 Å². The fourth-order valence-electron chi connectivity index (χ4n) is 1.18. The maximum Gasteiger partial charge on any atom is 0.0998 e. The molecule has 0 heterocycles. The molecule has 1 atom stereocenters. The first-order valence-electron chi connectivity index (χ1n) is 4.24. The molecule has 0 N–H and O–H groups in total. The van der Waals surface area contributed by atoms with Gasteiger partial charge in [0, 0.05) is 0 Å². The van der Waals surface area contributed by atoms with Gasteiger partial charge in [-0.15, -0.1) is 0 Å². The molecule has 0 saturated carbocycles. The van der Waals surface area contributed by atoms with E-state index in [9.17, 15) is 0 Å². The molecule has 13 heavy (non-hydrogen) atoms. The van der Waals surface area contributed by atoms with Gasteiger partial charge in [-0.25, -0.2) is 0 Å². The molecule has 0 radical (unpaired) electrons. The summed E-state index contributed by atoms with van der Waals surface area (Å²) in [5.74, 6) is 0. The van der Waals surface area contributed by atoms with Gasteiger partial charge in [0.15, 0.2) is 0 Å². The lowest BCUT2D eigenvalue weighted by molar-refractivity contribution is 0.723. The second-order valence-electron chi connectivity index (χ2n) is 3.38. The standard InChI is InChI=1S/C12H13N/c1-10(2)12(3,9-13)11-7-5-4-6-8-11/h4-8H,1H2,2-3H3. The molecule has 0 spiro atoms. The lowest BCUT2D eigenvalue weighted by atomic mass is 9.79. The fraction of sp³-hybridized carbons (Fsp3) is 0.250. The average molecular weight is 171 g/mol. The highest BCUT2D eigenvalue weighted by Gasteiger charge is 2.26. The second-order valence-corrected chi connectivity index (χ2v) is 3.38. The van der Waals surface area contributed by atoms with Crippen molar-refractivity contribution in [2.75, 3.05) is 0 Å². The zero-order valence-corrected chi connectivity index (χ0v) is 8.04. The quantitative estimate of drug-likeness (QED) is 0.627. The molecule has 0 aliphatic rings. The highest BCUT2D eigenvalue weighted by atomic mass is 14.4. The predicted molar refractivity (Wildman–Crippen MR) is 54.2 cm³/mol. The fourth-order valence-corrected chi connectivity index (χ4v) is 1.18. The highest BCUT2D eigenvalue weighted by molar-refractivity contribution is 5.40. The Hall–Kier alpha value is -1.55. The van der Waals surface area contributed by atoms with Crippen LogP contribution in [0.2, 0.25) is 0 Å². The summed E-state index contributed by atoms with van der Waals surface area (Å²) in [6.45, 7) is 7.63. The number of rotatable bonds is 2. The van der Waals surface area contributed by atoms with Crippen molar-refractivity contribution >= 4 is 0 Å². The van der Waals surface area contributed by atoms with Crippen LogP contribution in [0.15, 0.2) is 42.5 Å². The molecule has 1 nitrogen and oxygen atoms in total. The molecule has 66 valence electrons. The normalized spacial score (nSPS) is 14.2. The minimum Gasteiger partial charge on any atom is -0.197 e. The van der Waals surface area contributed by atoms with Crippen LogP contribution in [0.1, 0.15) is 19.4 Å². The number of allylic oxidation sites excluding steroid dienone is 1. The largest absolute Gasteiger partial charge is 0.197 e. The van der Waals surface area contributed by atoms with Crippen LogP contribution in [0.4, 0.5) is 0 Å². The van der Waals surface area contributed by atoms with Gasteiger partial charge in [0.1, 0.15) is 0 Å². The van der Waals surface area contributed by atoms with E-state index in [0.717, 1.165) is 11.1 Å². The van der Waals surface area contributed by atoms with Crippen molar-refractivity contribution in [2.24, 2.45) is 0 Å². The summed E-state index contributed by atoms with van der Waals surface area (Å²) >= 11 is 0. The van der Waals surface area contributed by atoms with E-state index in [-0.39, 0.29) is 0 Å². The summed E-state index contributed by atoms with van der Waals surface area (Å²) in [5, 5.41) is 9.10. The van der Waals surface area contributed by atoms with Crippen molar-refractivity contribution in [1.82, 2.24) is 0 Å². The van der Waals surface area contributed by atoms with Crippen molar-refractivity contribution in [2.45, 2.75) is 19.3 Å². The van der Waals surface area contributed by atoms with Crippen LogP contribution in [-0.2, 0) is 5.41 Å². The molecular weight excluding hydrogens is 158 g/mol.